The fraction of sp³-hybridized carbons (Fsp3) is 0.333. The Bertz CT molecular complexity index is 46.8. The molecule has 38 valence electrons. The highest BCUT2D eigenvalue weighted by Gasteiger charge is 1.68. The van der Waals surface area contributed by atoms with E-state index in [-0.39, 0.29) is 12.4 Å². The zero-order chi connectivity index (χ0) is 4.28. The van der Waals surface area contributed by atoms with Crippen LogP contribution in [0.1, 0.15) is 6.92 Å². The van der Waals surface area contributed by atoms with Crippen LogP contribution in [0.5, 0.6) is 0 Å². The lowest BCUT2D eigenvalue weighted by molar-refractivity contribution is -0.301. The number of allylic oxidation sites excluding steroid dienone is 1. The number of quaternary nitrogens is 1. The molecule has 0 heterocycles. The second-order valence-corrected chi connectivity index (χ2v) is 1.17. The summed E-state index contributed by atoms with van der Waals surface area (Å²) in [4.78, 5) is 0. The lowest BCUT2D eigenvalue weighted by Crippen LogP contribution is -3.00. The van der Waals surface area contributed by atoms with Gasteiger partial charge in [0.2, 0.25) is 0 Å². The molecule has 0 spiro atoms. The van der Waals surface area contributed by atoms with Crippen LogP contribution in [-0.2, 0) is 0 Å². The van der Waals surface area contributed by atoms with Gasteiger partial charge in [-0.25, -0.2) is 0 Å². The van der Waals surface area contributed by atoms with Gasteiger partial charge in [0.1, 0.15) is 5.70 Å². The van der Waals surface area contributed by atoms with Crippen LogP contribution < -0.4 is 18.1 Å². The summed E-state index contributed by atoms with van der Waals surface area (Å²) < 4.78 is 0. The molecule has 0 saturated heterocycles. The van der Waals surface area contributed by atoms with E-state index in [0.717, 1.165) is 5.70 Å². The first kappa shape index (κ1) is 9.56. The molecule has 0 unspecified atom stereocenters. The molecule has 0 aromatic rings. The maximum absolute atomic E-state index is 5.11. The van der Waals surface area contributed by atoms with Gasteiger partial charge in [0.05, 0.1) is 5.54 Å². The summed E-state index contributed by atoms with van der Waals surface area (Å²) in [6.45, 7) is 1.84. The highest BCUT2D eigenvalue weighted by Crippen LogP contribution is 1.77. The van der Waals surface area contributed by atoms with Crippen molar-refractivity contribution in [2.75, 3.05) is 0 Å². The Morgan fingerprint density at radius 1 is 1.83 bits per heavy atom. The summed E-state index contributed by atoms with van der Waals surface area (Å²) >= 11 is 5.11. The third-order valence-corrected chi connectivity index (χ3v) is 0.559. The molecule has 0 aromatic carbocycles. The van der Waals surface area contributed by atoms with Crippen molar-refractivity contribution in [2.45, 2.75) is 6.92 Å². The van der Waals surface area contributed by atoms with Crippen molar-refractivity contribution in [1.29, 1.82) is 0 Å². The largest absolute Gasteiger partial charge is 1.00 e. The fourth-order valence-corrected chi connectivity index (χ4v) is 0. The molecule has 0 saturated carbocycles. The van der Waals surface area contributed by atoms with Crippen molar-refractivity contribution in [3.8, 4) is 0 Å². The van der Waals surface area contributed by atoms with Crippen molar-refractivity contribution in [1.82, 2.24) is 0 Å². The molecule has 0 amide bonds. The summed E-state index contributed by atoms with van der Waals surface area (Å²) in [5.41, 5.74) is 5.83. The Morgan fingerprint density at radius 2 is 2.00 bits per heavy atom. The lowest BCUT2D eigenvalue weighted by atomic mass is 10.6. The zero-order valence-corrected chi connectivity index (χ0v) is 5.05. The maximum atomic E-state index is 5.11. The van der Waals surface area contributed by atoms with Gasteiger partial charge in [0.25, 0.3) is 0 Å². The standard InChI is InChI=1S/C3H6ClN.ClH/c1-3(5)2-4;/h2H,5H2,1H3;1H. The van der Waals surface area contributed by atoms with E-state index < -0.39 is 0 Å². The predicted octanol–water partition coefficient (Wildman–Crippen LogP) is -2.67. The van der Waals surface area contributed by atoms with E-state index in [1.54, 1.807) is 0 Å². The normalized spacial score (nSPS) is 10.2. The van der Waals surface area contributed by atoms with Gasteiger partial charge in [-0.05, 0) is 0 Å². The molecule has 0 fully saturated rings. The number of hydrogen-bond acceptors (Lipinski definition) is 0. The Hall–Kier alpha value is 0.280. The SMILES string of the molecule is CC([NH3+])=CCl.[Cl-]. The molecule has 0 bridgehead atoms. The zero-order valence-electron chi connectivity index (χ0n) is 3.54. The van der Waals surface area contributed by atoms with Crippen molar-refractivity contribution in [3.05, 3.63) is 11.2 Å². The number of halogens is 2. The second-order valence-electron chi connectivity index (χ2n) is 0.955. The highest BCUT2D eigenvalue weighted by atomic mass is 35.5. The Morgan fingerprint density at radius 3 is 2.00 bits per heavy atom. The van der Waals surface area contributed by atoms with E-state index in [2.05, 4.69) is 5.73 Å². The third kappa shape index (κ3) is 8.86. The van der Waals surface area contributed by atoms with Crippen LogP contribution in [0.15, 0.2) is 11.2 Å². The summed E-state index contributed by atoms with van der Waals surface area (Å²) in [5, 5.41) is 0. The first-order valence-electron chi connectivity index (χ1n) is 1.36. The van der Waals surface area contributed by atoms with Crippen molar-refractivity contribution in [3.63, 3.8) is 0 Å². The topological polar surface area (TPSA) is 27.6 Å². The first-order chi connectivity index (χ1) is 2.27. The van der Waals surface area contributed by atoms with Gasteiger partial charge in [-0.2, -0.15) is 0 Å². The van der Waals surface area contributed by atoms with E-state index >= 15 is 0 Å². The molecule has 3 N–H and O–H groups in total. The summed E-state index contributed by atoms with van der Waals surface area (Å²) in [5.74, 6) is 0. The van der Waals surface area contributed by atoms with Gasteiger partial charge in [-0.3, -0.25) is 0 Å². The van der Waals surface area contributed by atoms with Crippen LogP contribution in [0.25, 0.3) is 0 Å². The van der Waals surface area contributed by atoms with Gasteiger partial charge < -0.3 is 18.1 Å². The Kier molecular flexibility index (Phi) is 8.41. The average Bonchev–Trinajstić information content (AvgIpc) is 1.38. The van der Waals surface area contributed by atoms with E-state index in [0.29, 0.717) is 0 Å². The predicted molar refractivity (Wildman–Crippen MR) is 22.5 cm³/mol. The van der Waals surface area contributed by atoms with Crippen LogP contribution in [0.3, 0.4) is 0 Å². The monoisotopic (exact) mass is 127 g/mol. The molecular formula is C3H7Cl2N. The van der Waals surface area contributed by atoms with Gasteiger partial charge in [-0.1, -0.05) is 11.6 Å². The lowest BCUT2D eigenvalue weighted by Gasteiger charge is -1.67. The Balaban J connectivity index is 0. The van der Waals surface area contributed by atoms with Crippen molar-refractivity contribution < 1.29 is 18.1 Å². The fourth-order valence-electron chi connectivity index (χ4n) is 0. The molecule has 6 heavy (non-hydrogen) atoms. The van der Waals surface area contributed by atoms with Gasteiger partial charge in [0, 0.05) is 6.92 Å². The van der Waals surface area contributed by atoms with Crippen molar-refractivity contribution >= 4 is 11.6 Å². The minimum atomic E-state index is 0. The minimum Gasteiger partial charge on any atom is -1.00 e. The molecule has 0 aliphatic carbocycles. The molecule has 0 atom stereocenters. The molecule has 0 radical (unpaired) electrons. The highest BCUT2D eigenvalue weighted by molar-refractivity contribution is 6.25. The second kappa shape index (κ2) is 5.28. The average molecular weight is 128 g/mol. The number of hydrogen-bond donors (Lipinski definition) is 1. The van der Waals surface area contributed by atoms with Gasteiger partial charge in [0.15, 0.2) is 0 Å². The van der Waals surface area contributed by atoms with E-state index in [4.69, 9.17) is 11.6 Å². The summed E-state index contributed by atoms with van der Waals surface area (Å²) in [6, 6.07) is 0. The van der Waals surface area contributed by atoms with Crippen LogP contribution in [0.4, 0.5) is 0 Å². The quantitative estimate of drug-likeness (QED) is 0.368. The molecule has 0 aliphatic rings. The van der Waals surface area contributed by atoms with Crippen LogP contribution in [-0.4, -0.2) is 0 Å². The van der Waals surface area contributed by atoms with Crippen LogP contribution in [0, 0.1) is 0 Å². The summed E-state index contributed by atoms with van der Waals surface area (Å²) in [6.07, 6.45) is 0. The number of rotatable bonds is 0. The molecule has 1 nitrogen and oxygen atoms in total. The van der Waals surface area contributed by atoms with Crippen molar-refractivity contribution in [2.24, 2.45) is 0 Å². The third-order valence-electron chi connectivity index (χ3n) is 0.186. The van der Waals surface area contributed by atoms with E-state index in [9.17, 15) is 0 Å². The summed E-state index contributed by atoms with van der Waals surface area (Å²) in [7, 11) is 0. The molecule has 0 aliphatic heterocycles. The molecule has 0 aromatic heterocycles. The van der Waals surface area contributed by atoms with E-state index in [1.165, 1.54) is 5.54 Å². The maximum Gasteiger partial charge on any atom is 0.112 e. The van der Waals surface area contributed by atoms with Gasteiger partial charge >= 0.3 is 0 Å². The Labute approximate surface area is 48.6 Å². The first-order valence-corrected chi connectivity index (χ1v) is 1.80. The smallest absolute Gasteiger partial charge is 0.112 e. The molecule has 3 heteroatoms. The van der Waals surface area contributed by atoms with E-state index in [1.807, 2.05) is 6.92 Å². The minimum absolute atomic E-state index is 0. The molecule has 0 rings (SSSR count). The molecular weight excluding hydrogens is 121 g/mol. The van der Waals surface area contributed by atoms with Crippen LogP contribution in [0.2, 0.25) is 0 Å². The van der Waals surface area contributed by atoms with Gasteiger partial charge in [-0.15, -0.1) is 0 Å². The van der Waals surface area contributed by atoms with Crippen LogP contribution >= 0.6 is 11.6 Å².